The predicted molar refractivity (Wildman–Crippen MR) is 71.8 cm³/mol. The highest BCUT2D eigenvalue weighted by Crippen LogP contribution is 2.24. The molecule has 0 N–H and O–H groups in total. The summed E-state index contributed by atoms with van der Waals surface area (Å²) in [6.07, 6.45) is 3.91. The van der Waals surface area contributed by atoms with Gasteiger partial charge in [-0.05, 0) is 24.5 Å². The summed E-state index contributed by atoms with van der Waals surface area (Å²) in [5, 5.41) is 1.69. The molecule has 17 heavy (non-hydrogen) atoms. The van der Waals surface area contributed by atoms with Gasteiger partial charge in [0, 0.05) is 28.7 Å². The van der Waals surface area contributed by atoms with Crippen LogP contribution in [-0.4, -0.2) is 10.9 Å². The zero-order chi connectivity index (χ0) is 12.4. The normalized spacial score (nSPS) is 11.3. The van der Waals surface area contributed by atoms with Crippen LogP contribution in [0.5, 0.6) is 0 Å². The third-order valence-corrected chi connectivity index (χ3v) is 3.18. The number of carbonyl (C=O) groups excluding carboxylic acids is 1. The van der Waals surface area contributed by atoms with Crippen molar-refractivity contribution in [1.82, 2.24) is 4.57 Å². The van der Waals surface area contributed by atoms with Crippen LogP contribution in [0.2, 0.25) is 5.02 Å². The number of nitrogens with zero attached hydrogens (tertiary/aromatic N) is 1. The van der Waals surface area contributed by atoms with Crippen LogP contribution in [0.15, 0.2) is 24.4 Å². The number of benzene rings is 1. The minimum absolute atomic E-state index is 0.645. The summed E-state index contributed by atoms with van der Waals surface area (Å²) in [6.45, 7) is 5.31. The van der Waals surface area contributed by atoms with Crippen molar-refractivity contribution in [1.29, 1.82) is 0 Å². The number of hydrogen-bond donors (Lipinski definition) is 0. The number of rotatable bonds is 4. The van der Waals surface area contributed by atoms with E-state index in [0.29, 0.717) is 10.9 Å². The third kappa shape index (κ3) is 2.52. The van der Waals surface area contributed by atoms with Crippen molar-refractivity contribution < 1.29 is 4.79 Å². The van der Waals surface area contributed by atoms with E-state index in [1.165, 1.54) is 0 Å². The van der Waals surface area contributed by atoms with Crippen LogP contribution in [0.1, 0.15) is 30.6 Å². The van der Waals surface area contributed by atoms with Gasteiger partial charge in [-0.2, -0.15) is 0 Å². The van der Waals surface area contributed by atoms with E-state index < -0.39 is 0 Å². The number of carbonyl (C=O) groups is 1. The molecule has 2 aromatic rings. The monoisotopic (exact) mass is 249 g/mol. The fraction of sp³-hybridized carbons (Fsp3) is 0.357. The van der Waals surface area contributed by atoms with E-state index in [-0.39, 0.29) is 0 Å². The smallest absolute Gasteiger partial charge is 0.152 e. The van der Waals surface area contributed by atoms with Crippen molar-refractivity contribution in [2.24, 2.45) is 5.92 Å². The van der Waals surface area contributed by atoms with Crippen LogP contribution >= 0.6 is 11.6 Å². The molecule has 1 heterocycles. The van der Waals surface area contributed by atoms with Gasteiger partial charge < -0.3 is 4.57 Å². The lowest BCUT2D eigenvalue weighted by Crippen LogP contribution is -1.99. The number of aldehydes is 1. The molecule has 0 radical (unpaired) electrons. The van der Waals surface area contributed by atoms with Gasteiger partial charge in [0.1, 0.15) is 0 Å². The van der Waals surface area contributed by atoms with E-state index in [1.807, 2.05) is 24.4 Å². The summed E-state index contributed by atoms with van der Waals surface area (Å²) in [4.78, 5) is 11.0. The first kappa shape index (κ1) is 12.2. The first-order valence-corrected chi connectivity index (χ1v) is 6.23. The van der Waals surface area contributed by atoms with E-state index in [0.717, 1.165) is 35.7 Å². The molecule has 90 valence electrons. The first-order valence-electron chi connectivity index (χ1n) is 5.85. The Kier molecular flexibility index (Phi) is 3.53. The highest BCUT2D eigenvalue weighted by atomic mass is 35.5. The Labute approximate surface area is 106 Å². The first-order chi connectivity index (χ1) is 8.11. The minimum atomic E-state index is 0.645. The maximum absolute atomic E-state index is 11.0. The molecule has 0 bridgehead atoms. The SMILES string of the molecule is CC(C)CCn1cc(C=O)c2ccc(Cl)cc21. The van der Waals surface area contributed by atoms with Gasteiger partial charge in [-0.25, -0.2) is 0 Å². The summed E-state index contributed by atoms with van der Waals surface area (Å²) in [7, 11) is 0. The second kappa shape index (κ2) is 4.92. The largest absolute Gasteiger partial charge is 0.347 e. The molecule has 2 nitrogen and oxygen atoms in total. The highest BCUT2D eigenvalue weighted by molar-refractivity contribution is 6.31. The Morgan fingerprint density at radius 1 is 1.41 bits per heavy atom. The van der Waals surface area contributed by atoms with Crippen LogP contribution in [0.25, 0.3) is 10.9 Å². The van der Waals surface area contributed by atoms with Crippen molar-refractivity contribution in [3.63, 3.8) is 0 Å². The number of fused-ring (bicyclic) bond motifs is 1. The number of hydrogen-bond acceptors (Lipinski definition) is 1. The molecule has 0 fully saturated rings. The Bertz CT molecular complexity index is 542. The van der Waals surface area contributed by atoms with Crippen molar-refractivity contribution in [3.8, 4) is 0 Å². The second-order valence-electron chi connectivity index (χ2n) is 4.74. The molecule has 0 unspecified atom stereocenters. The minimum Gasteiger partial charge on any atom is -0.347 e. The number of aromatic nitrogens is 1. The van der Waals surface area contributed by atoms with Gasteiger partial charge in [-0.1, -0.05) is 31.5 Å². The van der Waals surface area contributed by atoms with Crippen molar-refractivity contribution in [2.45, 2.75) is 26.8 Å². The van der Waals surface area contributed by atoms with Crippen LogP contribution < -0.4 is 0 Å². The maximum atomic E-state index is 11.0. The fourth-order valence-electron chi connectivity index (χ4n) is 1.97. The number of aryl methyl sites for hydroxylation is 1. The predicted octanol–water partition coefficient (Wildman–Crippen LogP) is 4.15. The molecule has 0 saturated heterocycles. The Balaban J connectivity index is 2.47. The molecule has 0 atom stereocenters. The molecule has 2 rings (SSSR count). The summed E-state index contributed by atoms with van der Waals surface area (Å²) >= 11 is 6.00. The molecular weight excluding hydrogens is 234 g/mol. The highest BCUT2D eigenvalue weighted by Gasteiger charge is 2.08. The Morgan fingerprint density at radius 3 is 2.82 bits per heavy atom. The zero-order valence-electron chi connectivity index (χ0n) is 10.1. The third-order valence-electron chi connectivity index (χ3n) is 2.95. The van der Waals surface area contributed by atoms with Gasteiger partial charge in [-0.15, -0.1) is 0 Å². The lowest BCUT2D eigenvalue weighted by Gasteiger charge is -2.07. The van der Waals surface area contributed by atoms with E-state index in [9.17, 15) is 4.79 Å². The molecule has 0 aliphatic carbocycles. The Morgan fingerprint density at radius 2 is 2.18 bits per heavy atom. The van der Waals surface area contributed by atoms with Crippen molar-refractivity contribution >= 4 is 28.8 Å². The van der Waals surface area contributed by atoms with Gasteiger partial charge in [0.25, 0.3) is 0 Å². The Hall–Kier alpha value is -1.28. The lowest BCUT2D eigenvalue weighted by atomic mass is 10.1. The quantitative estimate of drug-likeness (QED) is 0.746. The maximum Gasteiger partial charge on any atom is 0.152 e. The van der Waals surface area contributed by atoms with E-state index in [4.69, 9.17) is 11.6 Å². The van der Waals surface area contributed by atoms with Crippen LogP contribution in [0.3, 0.4) is 0 Å². The van der Waals surface area contributed by atoms with E-state index in [2.05, 4.69) is 18.4 Å². The lowest BCUT2D eigenvalue weighted by molar-refractivity contribution is 0.112. The summed E-state index contributed by atoms with van der Waals surface area (Å²) in [5.74, 6) is 0.645. The van der Waals surface area contributed by atoms with Gasteiger partial charge in [-0.3, -0.25) is 4.79 Å². The van der Waals surface area contributed by atoms with Gasteiger partial charge in [0.2, 0.25) is 0 Å². The average Bonchev–Trinajstić information content (AvgIpc) is 2.63. The van der Waals surface area contributed by atoms with Gasteiger partial charge >= 0.3 is 0 Å². The molecular formula is C14H16ClNO. The van der Waals surface area contributed by atoms with Gasteiger partial charge in [0.15, 0.2) is 6.29 Å². The summed E-state index contributed by atoms with van der Waals surface area (Å²) in [6, 6.07) is 5.65. The molecule has 0 aliphatic rings. The second-order valence-corrected chi connectivity index (χ2v) is 5.18. The fourth-order valence-corrected chi connectivity index (χ4v) is 2.14. The summed E-state index contributed by atoms with van der Waals surface area (Å²) in [5.41, 5.74) is 1.78. The van der Waals surface area contributed by atoms with E-state index >= 15 is 0 Å². The zero-order valence-corrected chi connectivity index (χ0v) is 10.9. The van der Waals surface area contributed by atoms with E-state index in [1.54, 1.807) is 0 Å². The van der Waals surface area contributed by atoms with Crippen LogP contribution in [0, 0.1) is 5.92 Å². The molecule has 1 aromatic heterocycles. The average molecular weight is 250 g/mol. The molecule has 0 aliphatic heterocycles. The number of halogens is 1. The standard InChI is InChI=1S/C14H16ClNO/c1-10(2)5-6-16-8-11(9-17)13-4-3-12(15)7-14(13)16/h3-4,7-10H,5-6H2,1-2H3. The van der Waals surface area contributed by atoms with Crippen molar-refractivity contribution in [3.05, 3.63) is 35.0 Å². The topological polar surface area (TPSA) is 22.0 Å². The van der Waals surface area contributed by atoms with Crippen molar-refractivity contribution in [2.75, 3.05) is 0 Å². The molecule has 3 heteroatoms. The molecule has 0 amide bonds. The molecule has 0 saturated carbocycles. The molecule has 0 spiro atoms. The van der Waals surface area contributed by atoms with Crippen LogP contribution in [-0.2, 0) is 6.54 Å². The van der Waals surface area contributed by atoms with Crippen LogP contribution in [0.4, 0.5) is 0 Å². The summed E-state index contributed by atoms with van der Waals surface area (Å²) < 4.78 is 2.12. The van der Waals surface area contributed by atoms with Gasteiger partial charge in [0.05, 0.1) is 5.52 Å². The molecule has 1 aromatic carbocycles.